The summed E-state index contributed by atoms with van der Waals surface area (Å²) in [6, 6.07) is 7.35. The summed E-state index contributed by atoms with van der Waals surface area (Å²) in [7, 11) is 0. The van der Waals surface area contributed by atoms with E-state index in [2.05, 4.69) is 5.32 Å². The second-order valence-corrected chi connectivity index (χ2v) is 6.49. The normalized spacial score (nSPS) is 21.1. The van der Waals surface area contributed by atoms with Gasteiger partial charge in [-0.25, -0.2) is 0 Å². The first-order chi connectivity index (χ1) is 11.2. The summed E-state index contributed by atoms with van der Waals surface area (Å²) in [4.78, 5) is 26.6. The maximum atomic E-state index is 12.7. The number of likely N-dealkylation sites (tertiary alicyclic amines) is 1. The van der Waals surface area contributed by atoms with Crippen LogP contribution in [0.15, 0.2) is 24.3 Å². The van der Waals surface area contributed by atoms with Gasteiger partial charge in [-0.1, -0.05) is 0 Å². The maximum absolute atomic E-state index is 12.7. The maximum Gasteiger partial charge on any atom is 0.254 e. The van der Waals surface area contributed by atoms with Gasteiger partial charge >= 0.3 is 0 Å². The van der Waals surface area contributed by atoms with Gasteiger partial charge in [0.05, 0.1) is 0 Å². The topological polar surface area (TPSA) is 69.6 Å². The number of hydrogen-bond donors (Lipinski definition) is 2. The van der Waals surface area contributed by atoms with Gasteiger partial charge < -0.3 is 15.3 Å². The zero-order valence-electron chi connectivity index (χ0n) is 13.3. The van der Waals surface area contributed by atoms with E-state index in [9.17, 15) is 14.7 Å². The molecule has 5 heteroatoms. The van der Waals surface area contributed by atoms with Crippen molar-refractivity contribution in [1.82, 2.24) is 10.2 Å². The van der Waals surface area contributed by atoms with E-state index >= 15 is 0 Å². The van der Waals surface area contributed by atoms with Gasteiger partial charge in [-0.05, 0) is 62.8 Å². The van der Waals surface area contributed by atoms with E-state index in [1.54, 1.807) is 24.3 Å². The molecule has 2 N–H and O–H groups in total. The molecule has 2 aliphatic rings. The largest absolute Gasteiger partial charge is 0.396 e. The number of benzene rings is 1. The number of nitrogens with one attached hydrogen (secondary N) is 1. The van der Waals surface area contributed by atoms with E-state index in [4.69, 9.17) is 0 Å². The summed E-state index contributed by atoms with van der Waals surface area (Å²) in [6.45, 7) is 0.849. The minimum atomic E-state index is -0.0670. The lowest BCUT2D eigenvalue weighted by Gasteiger charge is -2.35. The molecular weight excluding hydrogens is 292 g/mol. The first-order valence-electron chi connectivity index (χ1n) is 8.52. The zero-order valence-corrected chi connectivity index (χ0v) is 13.3. The minimum Gasteiger partial charge on any atom is -0.396 e. The Bertz CT molecular complexity index is 564. The highest BCUT2D eigenvalue weighted by atomic mass is 16.3. The molecule has 23 heavy (non-hydrogen) atoms. The van der Waals surface area contributed by atoms with E-state index in [0.717, 1.165) is 38.6 Å². The predicted octanol–water partition coefficient (Wildman–Crippen LogP) is 1.96. The summed E-state index contributed by atoms with van der Waals surface area (Å²) in [5.41, 5.74) is 1.21. The molecule has 1 aromatic carbocycles. The van der Waals surface area contributed by atoms with Crippen molar-refractivity contribution in [1.29, 1.82) is 0 Å². The van der Waals surface area contributed by atoms with Crippen LogP contribution in [-0.2, 0) is 0 Å². The van der Waals surface area contributed by atoms with E-state index in [1.165, 1.54) is 0 Å². The van der Waals surface area contributed by atoms with Crippen molar-refractivity contribution in [3.05, 3.63) is 35.4 Å². The first kappa shape index (κ1) is 16.0. The number of amides is 2. The van der Waals surface area contributed by atoms with E-state index < -0.39 is 0 Å². The second-order valence-electron chi connectivity index (χ2n) is 6.49. The van der Waals surface area contributed by atoms with Crippen molar-refractivity contribution in [2.45, 2.75) is 50.6 Å². The Kier molecular flexibility index (Phi) is 4.96. The molecule has 5 nitrogen and oxygen atoms in total. The Hall–Kier alpha value is -1.88. The predicted molar refractivity (Wildman–Crippen MR) is 87.3 cm³/mol. The van der Waals surface area contributed by atoms with Crippen LogP contribution in [0.5, 0.6) is 0 Å². The number of aliphatic hydroxyl groups excluding tert-OH is 1. The number of hydrogen-bond acceptors (Lipinski definition) is 3. The lowest BCUT2D eigenvalue weighted by Crippen LogP contribution is -2.44. The quantitative estimate of drug-likeness (QED) is 0.872. The van der Waals surface area contributed by atoms with Crippen molar-refractivity contribution in [2.75, 3.05) is 13.2 Å². The van der Waals surface area contributed by atoms with Crippen LogP contribution in [0.4, 0.5) is 0 Å². The summed E-state index contributed by atoms with van der Waals surface area (Å²) < 4.78 is 0. The second kappa shape index (κ2) is 7.13. The van der Waals surface area contributed by atoms with E-state index in [-0.39, 0.29) is 24.5 Å². The third-order valence-corrected chi connectivity index (χ3v) is 4.66. The smallest absolute Gasteiger partial charge is 0.254 e. The Morgan fingerprint density at radius 1 is 1.09 bits per heavy atom. The number of carbonyl (C=O) groups excluding carboxylic acids is 2. The van der Waals surface area contributed by atoms with Crippen molar-refractivity contribution < 1.29 is 14.7 Å². The Labute approximate surface area is 136 Å². The molecule has 1 aromatic rings. The number of carbonyl (C=O) groups is 2. The fourth-order valence-electron chi connectivity index (χ4n) is 3.14. The molecular formula is C18H24N2O3. The van der Waals surface area contributed by atoms with Gasteiger partial charge in [0, 0.05) is 36.4 Å². The molecule has 0 aromatic heterocycles. The van der Waals surface area contributed by atoms with E-state index in [0.29, 0.717) is 23.6 Å². The molecule has 0 bridgehead atoms. The number of aliphatic hydroxyl groups is 1. The van der Waals surface area contributed by atoms with Gasteiger partial charge in [-0.3, -0.25) is 9.59 Å². The molecule has 1 saturated carbocycles. The van der Waals surface area contributed by atoms with Crippen LogP contribution in [0.3, 0.4) is 0 Å². The monoisotopic (exact) mass is 316 g/mol. The zero-order chi connectivity index (χ0) is 16.2. The van der Waals surface area contributed by atoms with Crippen molar-refractivity contribution >= 4 is 11.8 Å². The minimum absolute atomic E-state index is 0.00250. The number of piperidine rings is 1. The van der Waals surface area contributed by atoms with Crippen molar-refractivity contribution in [3.63, 3.8) is 0 Å². The van der Waals surface area contributed by atoms with Crippen LogP contribution < -0.4 is 5.32 Å². The molecule has 1 aliphatic heterocycles. The third kappa shape index (κ3) is 3.91. The van der Waals surface area contributed by atoms with Crippen LogP contribution in [0.2, 0.25) is 0 Å². The fourth-order valence-corrected chi connectivity index (χ4v) is 3.14. The van der Waals surface area contributed by atoms with Gasteiger partial charge in [0.25, 0.3) is 11.8 Å². The van der Waals surface area contributed by atoms with Crippen LogP contribution >= 0.6 is 0 Å². The third-order valence-electron chi connectivity index (χ3n) is 4.66. The molecule has 2 fully saturated rings. The van der Waals surface area contributed by atoms with Crippen LogP contribution in [0, 0.1) is 0 Å². The molecule has 2 amide bonds. The Morgan fingerprint density at radius 3 is 2.43 bits per heavy atom. The SMILES string of the molecule is O=C(NC1CC1)c1ccc(C(=O)N2CCCCC2CCO)cc1. The Morgan fingerprint density at radius 2 is 1.78 bits per heavy atom. The van der Waals surface area contributed by atoms with Gasteiger partial charge in [-0.15, -0.1) is 0 Å². The van der Waals surface area contributed by atoms with Gasteiger partial charge in [0.1, 0.15) is 0 Å². The molecule has 0 spiro atoms. The van der Waals surface area contributed by atoms with Crippen molar-refractivity contribution in [2.24, 2.45) is 0 Å². The standard InChI is InChI=1S/C18H24N2O3/c21-12-10-16-3-1-2-11-20(16)18(23)14-6-4-13(5-7-14)17(22)19-15-8-9-15/h4-7,15-16,21H,1-3,8-12H2,(H,19,22). The summed E-state index contributed by atoms with van der Waals surface area (Å²) in [5.74, 6) is -0.0695. The lowest BCUT2D eigenvalue weighted by molar-refractivity contribution is 0.0574. The number of nitrogens with zero attached hydrogens (tertiary/aromatic N) is 1. The highest BCUT2D eigenvalue weighted by Crippen LogP contribution is 2.22. The van der Waals surface area contributed by atoms with Gasteiger partial charge in [0.15, 0.2) is 0 Å². The fraction of sp³-hybridized carbons (Fsp3) is 0.556. The molecule has 0 radical (unpaired) electrons. The highest BCUT2D eigenvalue weighted by molar-refractivity contribution is 5.98. The Balaban J connectivity index is 1.67. The van der Waals surface area contributed by atoms with E-state index in [1.807, 2.05) is 4.90 Å². The van der Waals surface area contributed by atoms with Crippen LogP contribution in [0.1, 0.15) is 59.2 Å². The molecule has 3 rings (SSSR count). The van der Waals surface area contributed by atoms with Gasteiger partial charge in [-0.2, -0.15) is 0 Å². The summed E-state index contributed by atoms with van der Waals surface area (Å²) >= 11 is 0. The van der Waals surface area contributed by atoms with Crippen molar-refractivity contribution in [3.8, 4) is 0 Å². The molecule has 1 aliphatic carbocycles. The lowest BCUT2D eigenvalue weighted by atomic mass is 9.98. The average Bonchev–Trinajstić information content (AvgIpc) is 3.39. The van der Waals surface area contributed by atoms with Crippen LogP contribution in [0.25, 0.3) is 0 Å². The average molecular weight is 316 g/mol. The summed E-state index contributed by atoms with van der Waals surface area (Å²) in [5, 5.41) is 12.1. The summed E-state index contributed by atoms with van der Waals surface area (Å²) in [6.07, 6.45) is 5.82. The van der Waals surface area contributed by atoms with Gasteiger partial charge in [0.2, 0.25) is 0 Å². The van der Waals surface area contributed by atoms with Crippen LogP contribution in [-0.4, -0.2) is 47.1 Å². The molecule has 1 unspecified atom stereocenters. The molecule has 1 saturated heterocycles. The molecule has 1 heterocycles. The first-order valence-corrected chi connectivity index (χ1v) is 8.52. The number of rotatable bonds is 5. The molecule has 124 valence electrons. The highest BCUT2D eigenvalue weighted by Gasteiger charge is 2.27. The molecule has 1 atom stereocenters.